The van der Waals surface area contributed by atoms with E-state index in [-0.39, 0.29) is 5.41 Å². The van der Waals surface area contributed by atoms with Gasteiger partial charge in [0.1, 0.15) is 6.29 Å². The van der Waals surface area contributed by atoms with E-state index in [0.717, 1.165) is 25.7 Å². The lowest BCUT2D eigenvalue weighted by molar-refractivity contribution is -0.115. The predicted molar refractivity (Wildman–Crippen MR) is 56.8 cm³/mol. The van der Waals surface area contributed by atoms with Gasteiger partial charge in [-0.05, 0) is 19.9 Å². The largest absolute Gasteiger partial charge is 0.303 e. The molecule has 0 rings (SSSR count). The first-order valence-corrected chi connectivity index (χ1v) is 5.13. The van der Waals surface area contributed by atoms with Gasteiger partial charge < -0.3 is 9.69 Å². The molecule has 78 valence electrons. The highest BCUT2D eigenvalue weighted by atomic mass is 16.1. The van der Waals surface area contributed by atoms with Crippen molar-refractivity contribution in [2.24, 2.45) is 5.41 Å². The van der Waals surface area contributed by atoms with Crippen molar-refractivity contribution in [1.29, 1.82) is 0 Å². The van der Waals surface area contributed by atoms with Crippen LogP contribution in [0.25, 0.3) is 0 Å². The van der Waals surface area contributed by atoms with Crippen LogP contribution in [0.15, 0.2) is 0 Å². The van der Waals surface area contributed by atoms with E-state index in [1.54, 1.807) is 0 Å². The lowest BCUT2D eigenvalue weighted by Crippen LogP contribution is -2.38. The molecule has 0 fully saturated rings. The molecule has 0 amide bonds. The molecule has 0 aromatic heterocycles. The van der Waals surface area contributed by atoms with Crippen LogP contribution in [-0.4, -0.2) is 30.8 Å². The summed E-state index contributed by atoms with van der Waals surface area (Å²) in [4.78, 5) is 13.0. The third kappa shape index (κ3) is 4.41. The Morgan fingerprint density at radius 3 is 2.08 bits per heavy atom. The molecular weight excluding hydrogens is 162 g/mol. The first-order chi connectivity index (χ1) is 5.96. The highest BCUT2D eigenvalue weighted by Crippen LogP contribution is 2.16. The van der Waals surface area contributed by atoms with E-state index in [0.29, 0.717) is 6.04 Å². The van der Waals surface area contributed by atoms with Gasteiger partial charge in [-0.2, -0.15) is 0 Å². The Balaban J connectivity index is 4.11. The van der Waals surface area contributed by atoms with Crippen molar-refractivity contribution in [3.8, 4) is 0 Å². The van der Waals surface area contributed by atoms with Gasteiger partial charge in [-0.3, -0.25) is 0 Å². The maximum Gasteiger partial charge on any atom is 0.126 e. The second kappa shape index (κ2) is 5.38. The van der Waals surface area contributed by atoms with Crippen molar-refractivity contribution < 1.29 is 4.79 Å². The fourth-order valence-electron chi connectivity index (χ4n) is 1.72. The summed E-state index contributed by atoms with van der Waals surface area (Å²) < 4.78 is 0. The molecule has 0 saturated carbocycles. The van der Waals surface area contributed by atoms with Crippen LogP contribution in [0.2, 0.25) is 0 Å². The molecule has 0 bridgehead atoms. The fourth-order valence-corrected chi connectivity index (χ4v) is 1.72. The van der Waals surface area contributed by atoms with Gasteiger partial charge in [0.15, 0.2) is 0 Å². The minimum absolute atomic E-state index is 0.211. The summed E-state index contributed by atoms with van der Waals surface area (Å²) in [6.07, 6.45) is 3.36. The average molecular weight is 185 g/mol. The maximum absolute atomic E-state index is 10.7. The standard InChI is InChI=1S/C11H23NO/c1-6-10(7-2)12(5)8-11(3,4)9-13/h9-10H,6-8H2,1-5H3. The van der Waals surface area contributed by atoms with E-state index in [2.05, 4.69) is 25.8 Å². The monoisotopic (exact) mass is 185 g/mol. The van der Waals surface area contributed by atoms with Gasteiger partial charge in [-0.15, -0.1) is 0 Å². The number of aldehydes is 1. The number of rotatable bonds is 6. The molecule has 0 unspecified atom stereocenters. The molecule has 0 radical (unpaired) electrons. The zero-order chi connectivity index (χ0) is 10.5. The number of nitrogens with zero attached hydrogens (tertiary/aromatic N) is 1. The number of carbonyl (C=O) groups excluding carboxylic acids is 1. The third-order valence-corrected chi connectivity index (χ3v) is 2.54. The summed E-state index contributed by atoms with van der Waals surface area (Å²) in [5.41, 5.74) is -0.211. The topological polar surface area (TPSA) is 20.3 Å². The van der Waals surface area contributed by atoms with Crippen LogP contribution in [0.4, 0.5) is 0 Å². The van der Waals surface area contributed by atoms with E-state index in [4.69, 9.17) is 0 Å². The van der Waals surface area contributed by atoms with E-state index < -0.39 is 0 Å². The molecule has 0 aliphatic rings. The third-order valence-electron chi connectivity index (χ3n) is 2.54. The zero-order valence-corrected chi connectivity index (χ0v) is 9.63. The van der Waals surface area contributed by atoms with Crippen LogP contribution in [0, 0.1) is 5.41 Å². The Morgan fingerprint density at radius 1 is 1.31 bits per heavy atom. The Morgan fingerprint density at radius 2 is 1.77 bits per heavy atom. The maximum atomic E-state index is 10.7. The van der Waals surface area contributed by atoms with Crippen LogP contribution in [0.5, 0.6) is 0 Å². The first kappa shape index (κ1) is 12.6. The van der Waals surface area contributed by atoms with Crippen LogP contribution < -0.4 is 0 Å². The second-order valence-corrected chi connectivity index (χ2v) is 4.49. The fraction of sp³-hybridized carbons (Fsp3) is 0.909. The lowest BCUT2D eigenvalue weighted by Gasteiger charge is -2.31. The molecule has 0 atom stereocenters. The van der Waals surface area contributed by atoms with Gasteiger partial charge in [0.2, 0.25) is 0 Å². The Labute approximate surface area is 82.3 Å². The summed E-state index contributed by atoms with van der Waals surface area (Å²) in [5, 5.41) is 0. The molecule has 0 aromatic carbocycles. The second-order valence-electron chi connectivity index (χ2n) is 4.49. The molecule has 0 aliphatic heterocycles. The summed E-state index contributed by atoms with van der Waals surface area (Å²) in [7, 11) is 2.10. The van der Waals surface area contributed by atoms with Crippen LogP contribution >= 0.6 is 0 Å². The van der Waals surface area contributed by atoms with Crippen LogP contribution in [0.3, 0.4) is 0 Å². The van der Waals surface area contributed by atoms with Gasteiger partial charge in [-0.25, -0.2) is 0 Å². The van der Waals surface area contributed by atoms with Crippen molar-refractivity contribution in [2.45, 2.75) is 46.6 Å². The minimum atomic E-state index is -0.211. The number of carbonyl (C=O) groups is 1. The molecular formula is C11H23NO. The van der Waals surface area contributed by atoms with Gasteiger partial charge in [0, 0.05) is 18.0 Å². The van der Waals surface area contributed by atoms with E-state index >= 15 is 0 Å². The van der Waals surface area contributed by atoms with Crippen molar-refractivity contribution in [3.63, 3.8) is 0 Å². The predicted octanol–water partition coefficient (Wildman–Crippen LogP) is 2.33. The average Bonchev–Trinajstić information content (AvgIpc) is 2.06. The molecule has 0 aromatic rings. The highest BCUT2D eigenvalue weighted by Gasteiger charge is 2.21. The SMILES string of the molecule is CCC(CC)N(C)CC(C)(C)C=O. The summed E-state index contributed by atoms with van der Waals surface area (Å²) in [6.45, 7) is 9.21. The summed E-state index contributed by atoms with van der Waals surface area (Å²) in [6, 6.07) is 0.610. The molecule has 2 heteroatoms. The van der Waals surface area contributed by atoms with Gasteiger partial charge in [0.25, 0.3) is 0 Å². The summed E-state index contributed by atoms with van der Waals surface area (Å²) >= 11 is 0. The number of hydrogen-bond acceptors (Lipinski definition) is 2. The van der Waals surface area contributed by atoms with Crippen LogP contribution in [-0.2, 0) is 4.79 Å². The Kier molecular flexibility index (Phi) is 5.23. The molecule has 0 aliphatic carbocycles. The summed E-state index contributed by atoms with van der Waals surface area (Å²) in [5.74, 6) is 0. The molecule has 0 N–H and O–H groups in total. The minimum Gasteiger partial charge on any atom is -0.303 e. The molecule has 0 heterocycles. The van der Waals surface area contributed by atoms with Crippen molar-refractivity contribution in [3.05, 3.63) is 0 Å². The van der Waals surface area contributed by atoms with E-state index in [9.17, 15) is 4.79 Å². The van der Waals surface area contributed by atoms with E-state index in [1.807, 2.05) is 13.8 Å². The van der Waals surface area contributed by atoms with Gasteiger partial charge in [0.05, 0.1) is 0 Å². The number of hydrogen-bond donors (Lipinski definition) is 0. The Hall–Kier alpha value is -0.370. The molecule has 13 heavy (non-hydrogen) atoms. The lowest BCUT2D eigenvalue weighted by atomic mass is 9.94. The van der Waals surface area contributed by atoms with Gasteiger partial charge >= 0.3 is 0 Å². The van der Waals surface area contributed by atoms with E-state index in [1.165, 1.54) is 0 Å². The Bertz CT molecular complexity index is 150. The quantitative estimate of drug-likeness (QED) is 0.592. The molecule has 0 spiro atoms. The van der Waals surface area contributed by atoms with Crippen molar-refractivity contribution in [2.75, 3.05) is 13.6 Å². The van der Waals surface area contributed by atoms with Crippen molar-refractivity contribution in [1.82, 2.24) is 4.90 Å². The highest BCUT2D eigenvalue weighted by molar-refractivity contribution is 5.58. The molecule has 2 nitrogen and oxygen atoms in total. The van der Waals surface area contributed by atoms with Crippen LogP contribution in [0.1, 0.15) is 40.5 Å². The van der Waals surface area contributed by atoms with Crippen molar-refractivity contribution >= 4 is 6.29 Å². The first-order valence-electron chi connectivity index (χ1n) is 5.13. The molecule has 0 saturated heterocycles. The van der Waals surface area contributed by atoms with Gasteiger partial charge in [-0.1, -0.05) is 27.7 Å². The smallest absolute Gasteiger partial charge is 0.126 e. The normalized spacial score (nSPS) is 12.5. The zero-order valence-electron chi connectivity index (χ0n) is 9.63.